The van der Waals surface area contributed by atoms with E-state index in [2.05, 4.69) is 18.7 Å². The SMILES string of the molecule is CC1(C)CCC(CO)CN1C1CCS(=O)(=O)C1. The van der Waals surface area contributed by atoms with Crippen molar-refractivity contribution < 1.29 is 13.5 Å². The monoisotopic (exact) mass is 261 g/mol. The molecule has 0 bridgehead atoms. The van der Waals surface area contributed by atoms with Crippen molar-refractivity contribution in [3.63, 3.8) is 0 Å². The van der Waals surface area contributed by atoms with Gasteiger partial charge in [-0.3, -0.25) is 4.90 Å². The van der Waals surface area contributed by atoms with Crippen LogP contribution in [0.25, 0.3) is 0 Å². The highest BCUT2D eigenvalue weighted by atomic mass is 32.2. The van der Waals surface area contributed by atoms with Gasteiger partial charge >= 0.3 is 0 Å². The average molecular weight is 261 g/mol. The Balaban J connectivity index is 2.11. The van der Waals surface area contributed by atoms with Crippen LogP contribution in [0.5, 0.6) is 0 Å². The number of nitrogens with zero attached hydrogens (tertiary/aromatic N) is 1. The van der Waals surface area contributed by atoms with Gasteiger partial charge in [0.25, 0.3) is 0 Å². The Bertz CT molecular complexity index is 377. The lowest BCUT2D eigenvalue weighted by atomic mass is 9.83. The van der Waals surface area contributed by atoms with E-state index in [0.29, 0.717) is 17.4 Å². The molecule has 2 aliphatic heterocycles. The number of aliphatic hydroxyl groups excluding tert-OH is 1. The number of piperidine rings is 1. The zero-order valence-electron chi connectivity index (χ0n) is 10.7. The van der Waals surface area contributed by atoms with Crippen LogP contribution in [0.2, 0.25) is 0 Å². The zero-order valence-corrected chi connectivity index (χ0v) is 11.5. The van der Waals surface area contributed by atoms with Gasteiger partial charge in [0.2, 0.25) is 0 Å². The van der Waals surface area contributed by atoms with E-state index in [-0.39, 0.29) is 18.2 Å². The first-order valence-corrected chi connectivity index (χ1v) is 8.24. The van der Waals surface area contributed by atoms with Crippen molar-refractivity contribution in [3.8, 4) is 0 Å². The van der Waals surface area contributed by atoms with E-state index in [1.807, 2.05) is 0 Å². The van der Waals surface area contributed by atoms with Gasteiger partial charge < -0.3 is 5.11 Å². The topological polar surface area (TPSA) is 57.6 Å². The number of hydrogen-bond acceptors (Lipinski definition) is 4. The molecular weight excluding hydrogens is 238 g/mol. The Hall–Kier alpha value is -0.130. The first-order valence-electron chi connectivity index (χ1n) is 6.42. The molecule has 1 N–H and O–H groups in total. The number of sulfone groups is 1. The predicted molar refractivity (Wildman–Crippen MR) is 67.7 cm³/mol. The Kier molecular flexibility index (Phi) is 3.54. The summed E-state index contributed by atoms with van der Waals surface area (Å²) in [7, 11) is -2.82. The molecule has 0 amide bonds. The molecule has 0 aliphatic carbocycles. The maximum Gasteiger partial charge on any atom is 0.151 e. The maximum atomic E-state index is 11.6. The molecule has 2 saturated heterocycles. The first-order chi connectivity index (χ1) is 7.84. The molecular formula is C12H23NO3S. The van der Waals surface area contributed by atoms with Crippen LogP contribution in [0.15, 0.2) is 0 Å². The fourth-order valence-electron chi connectivity index (χ4n) is 3.13. The predicted octanol–water partition coefficient (Wildman–Crippen LogP) is 0.656. The molecule has 0 aromatic rings. The van der Waals surface area contributed by atoms with Gasteiger partial charge in [0.05, 0.1) is 11.5 Å². The molecule has 2 atom stereocenters. The third-order valence-electron chi connectivity index (χ3n) is 4.30. The molecule has 100 valence electrons. The zero-order chi connectivity index (χ0) is 12.7. The van der Waals surface area contributed by atoms with E-state index in [9.17, 15) is 13.5 Å². The Morgan fingerprint density at radius 1 is 1.35 bits per heavy atom. The van der Waals surface area contributed by atoms with Crippen LogP contribution in [-0.4, -0.2) is 54.7 Å². The first kappa shape index (κ1) is 13.3. The molecule has 2 rings (SSSR count). The maximum absolute atomic E-state index is 11.6. The largest absolute Gasteiger partial charge is 0.396 e. The van der Waals surface area contributed by atoms with Crippen molar-refractivity contribution in [2.45, 2.75) is 44.7 Å². The van der Waals surface area contributed by atoms with Crippen molar-refractivity contribution in [2.24, 2.45) is 5.92 Å². The van der Waals surface area contributed by atoms with Crippen LogP contribution < -0.4 is 0 Å². The molecule has 2 fully saturated rings. The number of rotatable bonds is 2. The normalized spacial score (nSPS) is 37.1. The Morgan fingerprint density at radius 3 is 2.59 bits per heavy atom. The smallest absolute Gasteiger partial charge is 0.151 e. The summed E-state index contributed by atoms with van der Waals surface area (Å²) in [6.07, 6.45) is 2.83. The van der Waals surface area contributed by atoms with E-state index in [0.717, 1.165) is 25.8 Å². The van der Waals surface area contributed by atoms with Crippen molar-refractivity contribution in [1.82, 2.24) is 4.90 Å². The third kappa shape index (κ3) is 2.83. The fourth-order valence-corrected chi connectivity index (χ4v) is 4.86. The van der Waals surface area contributed by atoms with Crippen LogP contribution in [0.3, 0.4) is 0 Å². The van der Waals surface area contributed by atoms with Gasteiger partial charge in [-0.15, -0.1) is 0 Å². The van der Waals surface area contributed by atoms with Gasteiger partial charge in [-0.25, -0.2) is 8.42 Å². The highest BCUT2D eigenvalue weighted by Crippen LogP contribution is 2.34. The Labute approximate surface area is 104 Å². The van der Waals surface area contributed by atoms with E-state index in [1.165, 1.54) is 0 Å². The van der Waals surface area contributed by atoms with Crippen LogP contribution in [-0.2, 0) is 9.84 Å². The van der Waals surface area contributed by atoms with Gasteiger partial charge in [-0.2, -0.15) is 0 Å². The van der Waals surface area contributed by atoms with Crippen molar-refractivity contribution in [1.29, 1.82) is 0 Å². The fraction of sp³-hybridized carbons (Fsp3) is 1.00. The van der Waals surface area contributed by atoms with Crippen LogP contribution >= 0.6 is 0 Å². The molecule has 17 heavy (non-hydrogen) atoms. The second-order valence-corrected chi connectivity index (χ2v) is 8.34. The minimum absolute atomic E-state index is 0.0657. The van der Waals surface area contributed by atoms with Gasteiger partial charge in [-0.05, 0) is 39.0 Å². The summed E-state index contributed by atoms with van der Waals surface area (Å²) in [4.78, 5) is 2.32. The van der Waals surface area contributed by atoms with Crippen molar-refractivity contribution in [2.75, 3.05) is 24.7 Å². The summed E-state index contributed by atoms with van der Waals surface area (Å²) in [5, 5.41) is 9.28. The van der Waals surface area contributed by atoms with Crippen molar-refractivity contribution in [3.05, 3.63) is 0 Å². The highest BCUT2D eigenvalue weighted by Gasteiger charge is 2.42. The molecule has 2 heterocycles. The average Bonchev–Trinajstić information content (AvgIpc) is 2.58. The molecule has 2 aliphatic rings. The van der Waals surface area contributed by atoms with Crippen molar-refractivity contribution >= 4 is 9.84 Å². The molecule has 0 radical (unpaired) electrons. The van der Waals surface area contributed by atoms with Gasteiger partial charge in [0.15, 0.2) is 9.84 Å². The summed E-state index contributed by atoms with van der Waals surface area (Å²) >= 11 is 0. The van der Waals surface area contributed by atoms with E-state index < -0.39 is 9.84 Å². The lowest BCUT2D eigenvalue weighted by Gasteiger charge is -2.48. The molecule has 0 aromatic carbocycles. The summed E-state index contributed by atoms with van der Waals surface area (Å²) in [6, 6.07) is 0.157. The molecule has 5 heteroatoms. The van der Waals surface area contributed by atoms with E-state index >= 15 is 0 Å². The molecule has 2 unspecified atom stereocenters. The summed E-state index contributed by atoms with van der Waals surface area (Å²) in [5.74, 6) is 0.939. The van der Waals surface area contributed by atoms with Gasteiger partial charge in [-0.1, -0.05) is 0 Å². The van der Waals surface area contributed by atoms with Crippen LogP contribution in [0.1, 0.15) is 33.1 Å². The summed E-state index contributed by atoms with van der Waals surface area (Å²) in [5.41, 5.74) is 0.0657. The quantitative estimate of drug-likeness (QED) is 0.793. The van der Waals surface area contributed by atoms with Gasteiger partial charge in [0.1, 0.15) is 0 Å². The molecule has 4 nitrogen and oxygen atoms in total. The summed E-state index contributed by atoms with van der Waals surface area (Å²) in [6.45, 7) is 5.42. The minimum Gasteiger partial charge on any atom is -0.396 e. The lowest BCUT2D eigenvalue weighted by Crippen LogP contribution is -2.55. The Morgan fingerprint density at radius 2 is 2.06 bits per heavy atom. The van der Waals surface area contributed by atoms with E-state index in [4.69, 9.17) is 0 Å². The number of hydrogen-bond donors (Lipinski definition) is 1. The lowest BCUT2D eigenvalue weighted by molar-refractivity contribution is 0.000365. The standard InChI is InChI=1S/C12H23NO3S/c1-12(2)5-3-10(8-14)7-13(12)11-4-6-17(15,16)9-11/h10-11,14H,3-9H2,1-2H3. The van der Waals surface area contributed by atoms with Crippen LogP contribution in [0.4, 0.5) is 0 Å². The summed E-state index contributed by atoms with van der Waals surface area (Å²) < 4.78 is 23.1. The second kappa shape index (κ2) is 4.52. The highest BCUT2D eigenvalue weighted by molar-refractivity contribution is 7.91. The number of likely N-dealkylation sites (tertiary alicyclic amines) is 1. The van der Waals surface area contributed by atoms with Crippen LogP contribution in [0, 0.1) is 5.92 Å². The molecule has 0 saturated carbocycles. The minimum atomic E-state index is -2.82. The molecule has 0 aromatic heterocycles. The second-order valence-electron chi connectivity index (χ2n) is 6.11. The number of aliphatic hydroxyl groups is 1. The molecule has 0 spiro atoms. The third-order valence-corrected chi connectivity index (χ3v) is 6.05. The van der Waals surface area contributed by atoms with E-state index in [1.54, 1.807) is 0 Å². The van der Waals surface area contributed by atoms with Gasteiger partial charge in [0, 0.05) is 24.7 Å².